The van der Waals surface area contributed by atoms with E-state index in [4.69, 9.17) is 16.3 Å². The van der Waals surface area contributed by atoms with Gasteiger partial charge in [0.1, 0.15) is 5.75 Å². The molecule has 0 aliphatic carbocycles. The minimum atomic E-state index is -0.129. The number of ketones is 1. The number of carbonyl (C=O) groups excluding carboxylic acids is 1. The van der Waals surface area contributed by atoms with Crippen LogP contribution in [0.5, 0.6) is 5.75 Å². The molecule has 1 aliphatic heterocycles. The van der Waals surface area contributed by atoms with Crippen LogP contribution in [-0.2, 0) is 6.42 Å². The Hall–Kier alpha value is -0.840. The van der Waals surface area contributed by atoms with Gasteiger partial charge in [-0.15, -0.1) is 0 Å². The first-order valence-electron chi connectivity index (χ1n) is 6.02. The maximum atomic E-state index is 12.7. The summed E-state index contributed by atoms with van der Waals surface area (Å²) in [6.45, 7) is 0.609. The molecule has 0 fully saturated rings. The smallest absolute Gasteiger partial charge is 0.198 e. The molecule has 0 N–H and O–H groups in total. The van der Waals surface area contributed by atoms with Gasteiger partial charge in [-0.05, 0) is 45.8 Å². The highest BCUT2D eigenvalue weighted by atomic mass is 79.9. The Morgan fingerprint density at radius 3 is 2.80 bits per heavy atom. The van der Waals surface area contributed by atoms with Crippen LogP contribution in [0.3, 0.4) is 0 Å². The zero-order valence-corrected chi connectivity index (χ0v) is 14.2. The minimum absolute atomic E-state index is 0.129. The Labute approximate surface area is 138 Å². The molecule has 0 saturated heterocycles. The molecule has 102 valence electrons. The Morgan fingerprint density at radius 2 is 2.00 bits per heavy atom. The second-order valence-corrected chi connectivity index (χ2v) is 6.62. The summed E-state index contributed by atoms with van der Waals surface area (Å²) < 4.78 is 7.18. The molecule has 0 radical (unpaired) electrons. The van der Waals surface area contributed by atoms with Crippen LogP contribution < -0.4 is 4.74 Å². The summed E-state index contributed by atoms with van der Waals surface area (Å²) in [7, 11) is 0. The lowest BCUT2D eigenvalue weighted by molar-refractivity contribution is 0.103. The number of rotatable bonds is 2. The fraction of sp³-hybridized carbons (Fsp3) is 0.133. The second kappa shape index (κ2) is 5.51. The van der Waals surface area contributed by atoms with Crippen molar-refractivity contribution in [1.29, 1.82) is 0 Å². The van der Waals surface area contributed by atoms with Gasteiger partial charge in [-0.1, -0.05) is 33.6 Å². The molecule has 0 unspecified atom stereocenters. The summed E-state index contributed by atoms with van der Waals surface area (Å²) in [5, 5.41) is 0.421. The molecule has 0 bridgehead atoms. The van der Waals surface area contributed by atoms with Gasteiger partial charge in [0.2, 0.25) is 0 Å². The van der Waals surface area contributed by atoms with Crippen molar-refractivity contribution in [3.05, 3.63) is 61.0 Å². The molecule has 2 aromatic carbocycles. The molecule has 0 aromatic heterocycles. The normalized spacial score (nSPS) is 12.9. The van der Waals surface area contributed by atoms with Crippen LogP contribution >= 0.6 is 43.5 Å². The fourth-order valence-corrected chi connectivity index (χ4v) is 3.35. The number of halogens is 3. The lowest BCUT2D eigenvalue weighted by Gasteiger charge is -2.10. The fourth-order valence-electron chi connectivity index (χ4n) is 2.26. The lowest BCUT2D eigenvalue weighted by atomic mass is 10.00. The first-order chi connectivity index (χ1) is 9.58. The highest BCUT2D eigenvalue weighted by Crippen LogP contribution is 2.36. The van der Waals surface area contributed by atoms with Crippen molar-refractivity contribution in [2.75, 3.05) is 6.61 Å². The van der Waals surface area contributed by atoms with Gasteiger partial charge < -0.3 is 4.74 Å². The molecule has 5 heteroatoms. The molecule has 1 heterocycles. The standard InChI is InChI=1S/C15H9Br2ClO2/c16-9-6-8-4-5-20-15(8)11(7-9)14(19)10-2-1-3-12(17)13(10)18/h1-3,6-7H,4-5H2. The Bertz CT molecular complexity index is 713. The molecule has 0 saturated carbocycles. The van der Waals surface area contributed by atoms with Gasteiger partial charge in [-0.25, -0.2) is 0 Å². The first kappa shape index (κ1) is 14.1. The Balaban J connectivity index is 2.14. The predicted molar refractivity (Wildman–Crippen MR) is 85.9 cm³/mol. The third-order valence-corrected chi connectivity index (χ3v) is 4.94. The van der Waals surface area contributed by atoms with Crippen LogP contribution in [0.4, 0.5) is 0 Å². The SMILES string of the molecule is O=C(c1cccc(Br)c1Cl)c1cc(Br)cc2c1OCC2. The van der Waals surface area contributed by atoms with Crippen molar-refractivity contribution in [3.8, 4) is 5.75 Å². The van der Waals surface area contributed by atoms with E-state index in [9.17, 15) is 4.79 Å². The summed E-state index contributed by atoms with van der Waals surface area (Å²) in [6.07, 6.45) is 0.821. The molecule has 1 aliphatic rings. The summed E-state index contributed by atoms with van der Waals surface area (Å²) in [4.78, 5) is 12.7. The highest BCUT2D eigenvalue weighted by Gasteiger charge is 2.24. The molecule has 20 heavy (non-hydrogen) atoms. The molecule has 0 atom stereocenters. The van der Waals surface area contributed by atoms with E-state index in [0.717, 1.165) is 16.5 Å². The van der Waals surface area contributed by atoms with E-state index in [1.807, 2.05) is 6.07 Å². The maximum absolute atomic E-state index is 12.7. The number of hydrogen-bond donors (Lipinski definition) is 0. The van der Waals surface area contributed by atoms with Crippen molar-refractivity contribution in [2.45, 2.75) is 6.42 Å². The van der Waals surface area contributed by atoms with Crippen molar-refractivity contribution in [1.82, 2.24) is 0 Å². The maximum Gasteiger partial charge on any atom is 0.198 e. The molecule has 0 spiro atoms. The summed E-state index contributed by atoms with van der Waals surface area (Å²) in [5.74, 6) is 0.546. The van der Waals surface area contributed by atoms with E-state index in [1.165, 1.54) is 0 Å². The van der Waals surface area contributed by atoms with Crippen LogP contribution in [0.2, 0.25) is 5.02 Å². The van der Waals surface area contributed by atoms with E-state index >= 15 is 0 Å². The summed E-state index contributed by atoms with van der Waals surface area (Å²) in [5.41, 5.74) is 2.07. The predicted octanol–water partition coefficient (Wildman–Crippen LogP) is 5.03. The lowest BCUT2D eigenvalue weighted by Crippen LogP contribution is -2.05. The zero-order valence-electron chi connectivity index (χ0n) is 10.3. The number of ether oxygens (including phenoxy) is 1. The Morgan fingerprint density at radius 1 is 1.20 bits per heavy atom. The quantitative estimate of drug-likeness (QED) is 0.642. The highest BCUT2D eigenvalue weighted by molar-refractivity contribution is 9.10. The monoisotopic (exact) mass is 414 g/mol. The number of carbonyl (C=O) groups is 1. The average Bonchev–Trinajstić information content (AvgIpc) is 2.88. The van der Waals surface area contributed by atoms with Crippen molar-refractivity contribution in [3.63, 3.8) is 0 Å². The Kier molecular flexibility index (Phi) is 3.89. The molecular formula is C15H9Br2ClO2. The second-order valence-electron chi connectivity index (χ2n) is 4.47. The zero-order chi connectivity index (χ0) is 14.3. The third kappa shape index (κ3) is 2.41. The van der Waals surface area contributed by atoms with Crippen molar-refractivity contribution < 1.29 is 9.53 Å². The van der Waals surface area contributed by atoms with Gasteiger partial charge in [0, 0.05) is 20.9 Å². The van der Waals surface area contributed by atoms with Gasteiger partial charge in [0.25, 0.3) is 0 Å². The van der Waals surface area contributed by atoms with Gasteiger partial charge in [0.05, 0.1) is 17.2 Å². The van der Waals surface area contributed by atoms with Crippen LogP contribution in [0.15, 0.2) is 39.3 Å². The summed E-state index contributed by atoms with van der Waals surface area (Å²) in [6, 6.07) is 9.09. The van der Waals surface area contributed by atoms with E-state index < -0.39 is 0 Å². The van der Waals surface area contributed by atoms with Crippen LogP contribution in [0.1, 0.15) is 21.5 Å². The molecule has 3 rings (SSSR count). The van der Waals surface area contributed by atoms with Crippen LogP contribution in [0.25, 0.3) is 0 Å². The minimum Gasteiger partial charge on any atom is -0.492 e. The molecule has 2 aromatic rings. The topological polar surface area (TPSA) is 26.3 Å². The van der Waals surface area contributed by atoms with Gasteiger partial charge >= 0.3 is 0 Å². The molecule has 0 amide bonds. The number of fused-ring (bicyclic) bond motifs is 1. The van der Waals surface area contributed by atoms with Crippen molar-refractivity contribution >= 4 is 49.2 Å². The van der Waals surface area contributed by atoms with Gasteiger partial charge in [-0.3, -0.25) is 4.79 Å². The van der Waals surface area contributed by atoms with E-state index in [2.05, 4.69) is 31.9 Å². The van der Waals surface area contributed by atoms with Gasteiger partial charge in [-0.2, -0.15) is 0 Å². The number of benzene rings is 2. The summed E-state index contributed by atoms with van der Waals surface area (Å²) >= 11 is 13.0. The molecule has 2 nitrogen and oxygen atoms in total. The van der Waals surface area contributed by atoms with Crippen molar-refractivity contribution in [2.24, 2.45) is 0 Å². The van der Waals surface area contributed by atoms with E-state index in [-0.39, 0.29) is 5.78 Å². The first-order valence-corrected chi connectivity index (χ1v) is 7.98. The number of hydrogen-bond acceptors (Lipinski definition) is 2. The van der Waals surface area contributed by atoms with E-state index in [1.54, 1.807) is 24.3 Å². The van der Waals surface area contributed by atoms with E-state index in [0.29, 0.717) is 33.0 Å². The average molecular weight is 416 g/mol. The van der Waals surface area contributed by atoms with Crippen LogP contribution in [-0.4, -0.2) is 12.4 Å². The third-order valence-electron chi connectivity index (χ3n) is 3.19. The van der Waals surface area contributed by atoms with Crippen LogP contribution in [0, 0.1) is 0 Å². The molecular weight excluding hydrogens is 407 g/mol. The largest absolute Gasteiger partial charge is 0.492 e. The van der Waals surface area contributed by atoms with Gasteiger partial charge in [0.15, 0.2) is 5.78 Å².